The summed E-state index contributed by atoms with van der Waals surface area (Å²) < 4.78 is 0. The van der Waals surface area contributed by atoms with Crippen LogP contribution in [0.5, 0.6) is 0 Å². The van der Waals surface area contributed by atoms with E-state index in [9.17, 15) is 4.79 Å². The largest absolute Gasteiger partial charge is 0.289 e. The van der Waals surface area contributed by atoms with E-state index in [2.05, 4.69) is 53.7 Å². The lowest BCUT2D eigenvalue weighted by atomic mass is 9.66. The van der Waals surface area contributed by atoms with Crippen LogP contribution in [0.1, 0.15) is 67.2 Å². The van der Waals surface area contributed by atoms with Gasteiger partial charge in [0, 0.05) is 16.6 Å². The Kier molecular flexibility index (Phi) is 3.32. The third-order valence-corrected chi connectivity index (χ3v) is 4.50. The molecule has 1 nitrogen and oxygen atoms in total. The molecular weight excluding hydrogens is 232 g/mol. The second-order valence-electron chi connectivity index (χ2n) is 8.39. The molecule has 0 heterocycles. The summed E-state index contributed by atoms with van der Waals surface area (Å²) >= 11 is 0. The van der Waals surface area contributed by atoms with E-state index in [1.807, 2.05) is 0 Å². The first kappa shape index (κ1) is 14.6. The minimum Gasteiger partial charge on any atom is -0.289 e. The molecule has 0 aromatic carbocycles. The summed E-state index contributed by atoms with van der Waals surface area (Å²) in [6.07, 6.45) is 9.60. The number of ketones is 1. The lowest BCUT2D eigenvalue weighted by molar-refractivity contribution is -0.114. The summed E-state index contributed by atoms with van der Waals surface area (Å²) in [6.45, 7) is 12.9. The Morgan fingerprint density at radius 2 is 1.21 bits per heavy atom. The Labute approximate surface area is 118 Å². The van der Waals surface area contributed by atoms with Crippen molar-refractivity contribution in [2.45, 2.75) is 67.2 Å². The maximum Gasteiger partial charge on any atom is 0.185 e. The van der Waals surface area contributed by atoms with E-state index >= 15 is 0 Å². The summed E-state index contributed by atoms with van der Waals surface area (Å²) in [4.78, 5) is 12.8. The van der Waals surface area contributed by atoms with Gasteiger partial charge in [-0.15, -0.1) is 0 Å². The fourth-order valence-electron chi connectivity index (χ4n) is 3.33. The highest BCUT2D eigenvalue weighted by atomic mass is 16.1. The molecule has 0 aromatic rings. The van der Waals surface area contributed by atoms with E-state index in [4.69, 9.17) is 0 Å². The fraction of sp³-hybridized carbons (Fsp3) is 0.722. The number of hydrogen-bond acceptors (Lipinski definition) is 1. The highest BCUT2D eigenvalue weighted by Gasteiger charge is 2.41. The van der Waals surface area contributed by atoms with E-state index in [1.165, 1.54) is 25.7 Å². The third-order valence-electron chi connectivity index (χ3n) is 4.50. The third kappa shape index (κ3) is 2.70. The molecule has 1 saturated carbocycles. The van der Waals surface area contributed by atoms with Gasteiger partial charge in [-0.2, -0.15) is 0 Å². The lowest BCUT2D eigenvalue weighted by Crippen LogP contribution is -2.32. The average molecular weight is 260 g/mol. The molecule has 0 amide bonds. The summed E-state index contributed by atoms with van der Waals surface area (Å²) in [5.74, 6) is 0.275. The van der Waals surface area contributed by atoms with Crippen molar-refractivity contribution in [1.29, 1.82) is 0 Å². The van der Waals surface area contributed by atoms with Crippen LogP contribution < -0.4 is 0 Å². The van der Waals surface area contributed by atoms with Gasteiger partial charge in [0.15, 0.2) is 5.78 Å². The Bertz CT molecular complexity index is 407. The number of hydrogen-bond donors (Lipinski definition) is 0. The van der Waals surface area contributed by atoms with Gasteiger partial charge in [0.2, 0.25) is 0 Å². The van der Waals surface area contributed by atoms with E-state index in [0.29, 0.717) is 0 Å². The molecule has 0 aliphatic heterocycles. The first-order valence-corrected chi connectivity index (χ1v) is 7.57. The van der Waals surface area contributed by atoms with E-state index in [-0.39, 0.29) is 22.0 Å². The number of carbonyl (C=O) groups excluding carboxylic acids is 1. The second-order valence-corrected chi connectivity index (χ2v) is 8.39. The quantitative estimate of drug-likeness (QED) is 0.594. The molecule has 0 saturated heterocycles. The van der Waals surface area contributed by atoms with Gasteiger partial charge in [-0.3, -0.25) is 4.79 Å². The van der Waals surface area contributed by atoms with Gasteiger partial charge < -0.3 is 0 Å². The Morgan fingerprint density at radius 1 is 0.842 bits per heavy atom. The number of carbonyl (C=O) groups is 1. The van der Waals surface area contributed by atoms with Gasteiger partial charge in [0.05, 0.1) is 0 Å². The van der Waals surface area contributed by atoms with Crippen LogP contribution in [0.3, 0.4) is 0 Å². The zero-order valence-corrected chi connectivity index (χ0v) is 13.4. The molecule has 19 heavy (non-hydrogen) atoms. The van der Waals surface area contributed by atoms with Crippen LogP contribution >= 0.6 is 0 Å². The maximum atomic E-state index is 12.8. The first-order valence-electron chi connectivity index (χ1n) is 7.57. The monoisotopic (exact) mass is 260 g/mol. The predicted octanol–water partition coefficient (Wildman–Crippen LogP) is 5.07. The summed E-state index contributed by atoms with van der Waals surface area (Å²) in [6, 6.07) is 0. The molecule has 1 heteroatoms. The molecule has 106 valence electrons. The van der Waals surface area contributed by atoms with Crippen LogP contribution in [0.25, 0.3) is 0 Å². The number of rotatable bonds is 0. The number of Topliss-reactive ketones (excluding diaryl/α,β-unsaturated/α-hetero) is 1. The molecule has 2 aliphatic rings. The van der Waals surface area contributed by atoms with Crippen molar-refractivity contribution in [3.05, 3.63) is 23.3 Å². The maximum absolute atomic E-state index is 12.8. The van der Waals surface area contributed by atoms with Crippen molar-refractivity contribution in [3.63, 3.8) is 0 Å². The molecular formula is C18H28O. The fourth-order valence-corrected chi connectivity index (χ4v) is 3.33. The van der Waals surface area contributed by atoms with Crippen LogP contribution in [0.2, 0.25) is 0 Å². The number of allylic oxidation sites excluding steroid dienone is 4. The molecule has 0 aromatic heterocycles. The average Bonchev–Trinajstić information content (AvgIpc) is 2.67. The van der Waals surface area contributed by atoms with Gasteiger partial charge in [-0.25, -0.2) is 0 Å². The first-order chi connectivity index (χ1) is 8.55. The highest BCUT2D eigenvalue weighted by Crippen LogP contribution is 2.49. The molecule has 2 rings (SSSR count). The van der Waals surface area contributed by atoms with Crippen LogP contribution in [-0.2, 0) is 4.79 Å². The minimum atomic E-state index is -0.0581. The van der Waals surface area contributed by atoms with Crippen LogP contribution in [0, 0.1) is 16.2 Å². The standard InChI is InChI=1S/C18H28O/c1-16(2,3)13-11-18(9-7-8-10-18)12-14(15(13)19)17(4,5)6/h11-12H,7-10H2,1-6H3. The van der Waals surface area contributed by atoms with Crippen molar-refractivity contribution in [2.75, 3.05) is 0 Å². The Balaban J connectivity index is 2.54. The molecule has 0 unspecified atom stereocenters. The van der Waals surface area contributed by atoms with Crippen LogP contribution in [-0.4, -0.2) is 5.78 Å². The SMILES string of the molecule is CC(C)(C)C1=CC2(C=C(C(C)(C)C)C1=O)CCCC2. The minimum absolute atomic E-state index is 0.0581. The van der Waals surface area contributed by atoms with Gasteiger partial charge in [-0.1, -0.05) is 66.5 Å². The van der Waals surface area contributed by atoms with Crippen LogP contribution in [0.15, 0.2) is 23.3 Å². The van der Waals surface area contributed by atoms with Crippen LogP contribution in [0.4, 0.5) is 0 Å². The van der Waals surface area contributed by atoms with Crippen molar-refractivity contribution in [1.82, 2.24) is 0 Å². The molecule has 0 atom stereocenters. The van der Waals surface area contributed by atoms with E-state index in [0.717, 1.165) is 11.1 Å². The molecule has 0 bridgehead atoms. The molecule has 1 spiro atoms. The van der Waals surface area contributed by atoms with Gasteiger partial charge in [0.25, 0.3) is 0 Å². The summed E-state index contributed by atoms with van der Waals surface area (Å²) in [5.41, 5.74) is 2.11. The van der Waals surface area contributed by atoms with E-state index in [1.54, 1.807) is 0 Å². The Hall–Kier alpha value is -0.850. The second kappa shape index (κ2) is 4.33. The van der Waals surface area contributed by atoms with Gasteiger partial charge in [0.1, 0.15) is 0 Å². The zero-order chi connectivity index (χ0) is 14.5. The normalized spacial score (nSPS) is 23.6. The lowest BCUT2D eigenvalue weighted by Gasteiger charge is -2.37. The molecule has 0 radical (unpaired) electrons. The molecule has 2 aliphatic carbocycles. The summed E-state index contributed by atoms with van der Waals surface area (Å²) in [5, 5.41) is 0. The smallest absolute Gasteiger partial charge is 0.185 e. The van der Waals surface area contributed by atoms with Gasteiger partial charge in [-0.05, 0) is 23.7 Å². The van der Waals surface area contributed by atoms with Crippen molar-refractivity contribution < 1.29 is 4.79 Å². The van der Waals surface area contributed by atoms with Crippen molar-refractivity contribution >= 4 is 5.78 Å². The van der Waals surface area contributed by atoms with Crippen molar-refractivity contribution in [2.24, 2.45) is 16.2 Å². The highest BCUT2D eigenvalue weighted by molar-refractivity contribution is 6.10. The molecule has 0 N–H and O–H groups in total. The summed E-state index contributed by atoms with van der Waals surface area (Å²) in [7, 11) is 0. The molecule has 1 fully saturated rings. The van der Waals surface area contributed by atoms with Crippen molar-refractivity contribution in [3.8, 4) is 0 Å². The van der Waals surface area contributed by atoms with E-state index < -0.39 is 0 Å². The topological polar surface area (TPSA) is 17.1 Å². The predicted molar refractivity (Wildman–Crippen MR) is 81.0 cm³/mol. The zero-order valence-electron chi connectivity index (χ0n) is 13.4. The van der Waals surface area contributed by atoms with Gasteiger partial charge >= 0.3 is 0 Å². The Morgan fingerprint density at radius 3 is 1.53 bits per heavy atom.